The molecule has 0 amide bonds. The lowest BCUT2D eigenvalue weighted by molar-refractivity contribution is 0.0694. The van der Waals surface area contributed by atoms with E-state index in [9.17, 15) is 14.7 Å². The molecule has 9 heteroatoms. The van der Waals surface area contributed by atoms with Gasteiger partial charge in [-0.15, -0.1) is 12.4 Å². The summed E-state index contributed by atoms with van der Waals surface area (Å²) in [5.41, 5.74) is 7.75. The first-order valence-electron chi connectivity index (χ1n) is 9.94. The van der Waals surface area contributed by atoms with Crippen molar-refractivity contribution in [1.82, 2.24) is 4.40 Å². The lowest BCUT2D eigenvalue weighted by atomic mass is 10.0. The average Bonchev–Trinajstić information content (AvgIpc) is 3.40. The molecule has 2 aliphatic rings. The Morgan fingerprint density at radius 3 is 2.70 bits per heavy atom. The highest BCUT2D eigenvalue weighted by molar-refractivity contribution is 5.89. The minimum atomic E-state index is -1.29. The summed E-state index contributed by atoms with van der Waals surface area (Å²) < 4.78 is 21.5. The Hall–Kier alpha value is -2.16. The van der Waals surface area contributed by atoms with Gasteiger partial charge in [-0.25, -0.2) is 9.18 Å². The van der Waals surface area contributed by atoms with E-state index in [0.29, 0.717) is 36.5 Å². The zero-order valence-electron chi connectivity index (χ0n) is 17.1. The second-order valence-corrected chi connectivity index (χ2v) is 8.18. The summed E-state index contributed by atoms with van der Waals surface area (Å²) in [7, 11) is 1.61. The molecule has 3 heterocycles. The molecule has 0 unspecified atom stereocenters. The van der Waals surface area contributed by atoms with Crippen LogP contribution in [0, 0.1) is 18.7 Å². The molecule has 30 heavy (non-hydrogen) atoms. The van der Waals surface area contributed by atoms with Gasteiger partial charge in [0.25, 0.3) is 5.56 Å². The maximum Gasteiger partial charge on any atom is 0.341 e. The van der Waals surface area contributed by atoms with Crippen LogP contribution >= 0.6 is 12.4 Å². The van der Waals surface area contributed by atoms with E-state index in [2.05, 4.69) is 0 Å². The summed E-state index contributed by atoms with van der Waals surface area (Å²) in [5.74, 6) is -1.41. The molecule has 0 aromatic carbocycles. The van der Waals surface area contributed by atoms with Gasteiger partial charge in [0.15, 0.2) is 5.82 Å². The predicted octanol–water partition coefficient (Wildman–Crippen LogP) is 2.54. The summed E-state index contributed by atoms with van der Waals surface area (Å²) >= 11 is 0. The molecule has 7 nitrogen and oxygen atoms in total. The number of pyridine rings is 2. The summed E-state index contributed by atoms with van der Waals surface area (Å²) in [6, 6.07) is 1.37. The third kappa shape index (κ3) is 3.79. The fraction of sp³-hybridized carbons (Fsp3) is 0.524. The molecule has 164 valence electrons. The minimum Gasteiger partial charge on any atom is -0.477 e. The smallest absolute Gasteiger partial charge is 0.341 e. The predicted molar refractivity (Wildman–Crippen MR) is 115 cm³/mol. The number of rotatable bonds is 6. The van der Waals surface area contributed by atoms with Gasteiger partial charge in [-0.1, -0.05) is 0 Å². The number of methoxy groups -OCH3 is 1. The number of nitrogens with two attached hydrogens (primary N) is 1. The standard InChI is InChI=1S/C21H26FN3O4.ClH/c1-11-18-14(12-3-4-12)7-15(21(27)28)20(26)25(18)9-16(22)19(11)24-6-5-13(8-24)17(23)10-29-2;/h7,9,12-13,17H,3-6,8,10,23H2,1-2H3,(H,27,28);1H/t13-,17-;/m1./s1. The van der Waals surface area contributed by atoms with Crippen molar-refractivity contribution >= 4 is 29.6 Å². The van der Waals surface area contributed by atoms with Gasteiger partial charge in [-0.3, -0.25) is 9.20 Å². The third-order valence-electron chi connectivity index (χ3n) is 6.20. The Balaban J connectivity index is 0.00000256. The van der Waals surface area contributed by atoms with Crippen LogP contribution in [0.1, 0.15) is 46.7 Å². The Morgan fingerprint density at radius 1 is 1.40 bits per heavy atom. The van der Waals surface area contributed by atoms with Gasteiger partial charge in [0.2, 0.25) is 0 Å². The lowest BCUT2D eigenvalue weighted by Gasteiger charge is -2.25. The second-order valence-electron chi connectivity index (χ2n) is 8.18. The van der Waals surface area contributed by atoms with E-state index in [4.69, 9.17) is 10.5 Å². The van der Waals surface area contributed by atoms with Crippen LogP contribution in [0.25, 0.3) is 5.52 Å². The topological polar surface area (TPSA) is 97.3 Å². The van der Waals surface area contributed by atoms with Gasteiger partial charge < -0.3 is 20.5 Å². The normalized spacial score (nSPS) is 19.7. The third-order valence-corrected chi connectivity index (χ3v) is 6.20. The van der Waals surface area contributed by atoms with Crippen molar-refractivity contribution in [2.24, 2.45) is 11.7 Å². The van der Waals surface area contributed by atoms with E-state index in [0.717, 1.165) is 31.0 Å². The quantitative estimate of drug-likeness (QED) is 0.717. The van der Waals surface area contributed by atoms with Crippen LogP contribution in [0.5, 0.6) is 0 Å². The number of aromatic nitrogens is 1. The summed E-state index contributed by atoms with van der Waals surface area (Å²) in [5, 5.41) is 9.41. The molecule has 2 atom stereocenters. The summed E-state index contributed by atoms with van der Waals surface area (Å²) in [6.07, 6.45) is 3.86. The zero-order chi connectivity index (χ0) is 20.9. The average molecular weight is 440 g/mol. The van der Waals surface area contributed by atoms with Crippen LogP contribution < -0.4 is 16.2 Å². The van der Waals surface area contributed by atoms with Gasteiger partial charge in [0.1, 0.15) is 5.56 Å². The fourth-order valence-electron chi connectivity index (χ4n) is 4.56. The van der Waals surface area contributed by atoms with Crippen molar-refractivity contribution in [3.63, 3.8) is 0 Å². The highest BCUT2D eigenvalue weighted by Gasteiger charge is 2.33. The summed E-state index contributed by atoms with van der Waals surface area (Å²) in [6.45, 7) is 3.56. The molecule has 1 saturated carbocycles. The van der Waals surface area contributed by atoms with Crippen LogP contribution in [0.15, 0.2) is 17.1 Å². The highest BCUT2D eigenvalue weighted by atomic mass is 35.5. The van der Waals surface area contributed by atoms with E-state index < -0.39 is 17.3 Å². The first kappa shape index (κ1) is 22.5. The molecule has 0 spiro atoms. The number of fused-ring (bicyclic) bond motifs is 1. The van der Waals surface area contributed by atoms with E-state index >= 15 is 4.39 Å². The number of halogens is 2. The van der Waals surface area contributed by atoms with E-state index in [1.807, 2.05) is 11.8 Å². The van der Waals surface area contributed by atoms with E-state index in [-0.39, 0.29) is 35.8 Å². The van der Waals surface area contributed by atoms with Crippen molar-refractivity contribution in [3.05, 3.63) is 45.1 Å². The monoisotopic (exact) mass is 439 g/mol. The highest BCUT2D eigenvalue weighted by Crippen LogP contribution is 2.44. The molecular weight excluding hydrogens is 413 g/mol. The molecule has 0 radical (unpaired) electrons. The molecule has 2 aromatic rings. The van der Waals surface area contributed by atoms with Crippen molar-refractivity contribution in [1.29, 1.82) is 0 Å². The summed E-state index contributed by atoms with van der Waals surface area (Å²) in [4.78, 5) is 26.2. The molecule has 0 bridgehead atoms. The zero-order valence-corrected chi connectivity index (χ0v) is 17.9. The second kappa shape index (κ2) is 8.53. The van der Waals surface area contributed by atoms with Crippen LogP contribution in [0.2, 0.25) is 0 Å². The van der Waals surface area contributed by atoms with Crippen LogP contribution in [0.4, 0.5) is 10.1 Å². The first-order valence-corrected chi connectivity index (χ1v) is 9.94. The van der Waals surface area contributed by atoms with Gasteiger partial charge in [-0.05, 0) is 55.2 Å². The number of carbonyl (C=O) groups is 1. The molecule has 1 saturated heterocycles. The molecule has 2 aromatic heterocycles. The lowest BCUT2D eigenvalue weighted by Crippen LogP contribution is -2.36. The number of ether oxygens (including phenoxy) is 1. The van der Waals surface area contributed by atoms with Gasteiger partial charge >= 0.3 is 5.97 Å². The van der Waals surface area contributed by atoms with Crippen molar-refractivity contribution in [2.45, 2.75) is 38.1 Å². The molecule has 1 aliphatic heterocycles. The number of carboxylic acid groups (broad SMARTS) is 1. The van der Waals surface area contributed by atoms with Crippen LogP contribution in [-0.2, 0) is 4.74 Å². The van der Waals surface area contributed by atoms with Gasteiger partial charge in [-0.2, -0.15) is 0 Å². The Labute approximate surface area is 180 Å². The number of hydrogen-bond donors (Lipinski definition) is 2. The first-order chi connectivity index (χ1) is 13.8. The Bertz CT molecular complexity index is 1040. The number of hydrogen-bond acceptors (Lipinski definition) is 5. The van der Waals surface area contributed by atoms with Crippen molar-refractivity contribution in [2.75, 3.05) is 31.7 Å². The van der Waals surface area contributed by atoms with Crippen LogP contribution in [-0.4, -0.2) is 48.3 Å². The molecular formula is C21H27ClFN3O4. The SMILES string of the molecule is COC[C@@H](N)[C@@H]1CCN(c2c(F)cn3c(=O)c(C(=O)O)cc(C4CC4)c3c2C)C1.Cl. The Kier molecular flexibility index (Phi) is 6.40. The maximum absolute atomic E-state index is 15.2. The van der Waals surface area contributed by atoms with E-state index in [1.54, 1.807) is 7.11 Å². The Morgan fingerprint density at radius 2 is 2.10 bits per heavy atom. The van der Waals surface area contributed by atoms with Crippen molar-refractivity contribution in [3.8, 4) is 0 Å². The maximum atomic E-state index is 15.2. The molecule has 1 aliphatic carbocycles. The van der Waals surface area contributed by atoms with Crippen molar-refractivity contribution < 1.29 is 19.0 Å². The number of carboxylic acids is 1. The number of anilines is 1. The molecule has 2 fully saturated rings. The van der Waals surface area contributed by atoms with E-state index in [1.165, 1.54) is 10.5 Å². The van der Waals surface area contributed by atoms with Crippen LogP contribution in [0.3, 0.4) is 0 Å². The number of nitrogens with zero attached hydrogens (tertiary/aromatic N) is 2. The number of aryl methyl sites for hydroxylation is 1. The number of aromatic carboxylic acids is 1. The minimum absolute atomic E-state index is 0. The van der Waals surface area contributed by atoms with Gasteiger partial charge in [0.05, 0.1) is 24.0 Å². The molecule has 4 rings (SSSR count). The molecule has 3 N–H and O–H groups in total. The fourth-order valence-corrected chi connectivity index (χ4v) is 4.56. The largest absolute Gasteiger partial charge is 0.477 e. The van der Waals surface area contributed by atoms with Gasteiger partial charge in [0, 0.05) is 26.2 Å².